The number of nitrogens with zero attached hydrogens (tertiary/aromatic N) is 3. The Morgan fingerprint density at radius 3 is 2.89 bits per heavy atom. The van der Waals surface area contributed by atoms with E-state index in [1.807, 2.05) is 18.2 Å². The summed E-state index contributed by atoms with van der Waals surface area (Å²) in [6, 6.07) is 12.5. The lowest BCUT2D eigenvalue weighted by atomic mass is 9.83. The molecule has 1 N–H and O–H groups in total. The zero-order chi connectivity index (χ0) is 19.0. The van der Waals surface area contributed by atoms with Gasteiger partial charge in [0.15, 0.2) is 7.05 Å². The molecule has 136 valence electrons. The molecule has 7 nitrogen and oxygen atoms in total. The van der Waals surface area contributed by atoms with Crippen LogP contribution in [0.25, 0.3) is 0 Å². The van der Waals surface area contributed by atoms with E-state index in [1.54, 1.807) is 0 Å². The second-order valence-electron chi connectivity index (χ2n) is 6.45. The van der Waals surface area contributed by atoms with Crippen LogP contribution in [0.4, 0.5) is 5.00 Å². The van der Waals surface area contributed by atoms with Crippen molar-refractivity contribution in [1.82, 2.24) is 5.27 Å². The van der Waals surface area contributed by atoms with E-state index in [9.17, 15) is 15.2 Å². The number of rotatable bonds is 3. The van der Waals surface area contributed by atoms with Gasteiger partial charge in [0.05, 0.1) is 11.5 Å². The molecule has 0 amide bonds. The monoisotopic (exact) mass is 380 g/mol. The van der Waals surface area contributed by atoms with Gasteiger partial charge < -0.3 is 5.11 Å². The first-order chi connectivity index (χ1) is 13.1. The lowest BCUT2D eigenvalue weighted by Crippen LogP contribution is -2.43. The van der Waals surface area contributed by atoms with E-state index in [1.165, 1.54) is 28.6 Å². The quantitative estimate of drug-likeness (QED) is 0.421. The van der Waals surface area contributed by atoms with Crippen LogP contribution < -0.4 is 15.4 Å². The summed E-state index contributed by atoms with van der Waals surface area (Å²) in [5.41, 5.74) is 1.72. The number of aromatic amines is 1. The van der Waals surface area contributed by atoms with Crippen LogP contribution in [0.3, 0.4) is 0 Å². The standard InChI is InChI=1S/C19H16N4O3S/c1-23-16(19(25)26-22-23)17(24)21-18-14(10-20)13-8-7-12(9-15(13)27-18)11-5-3-2-4-6-11/h2-6,12H,7-9H2,1H3,(H-,21,22,24,25). The van der Waals surface area contributed by atoms with E-state index in [2.05, 4.69) is 33.0 Å². The summed E-state index contributed by atoms with van der Waals surface area (Å²) < 4.78 is 5.77. The van der Waals surface area contributed by atoms with Gasteiger partial charge in [0.2, 0.25) is 0 Å². The number of aliphatic imine (C=N–C) groups is 1. The Balaban J connectivity index is 1.71. The van der Waals surface area contributed by atoms with Crippen LogP contribution in [-0.4, -0.2) is 11.2 Å². The van der Waals surface area contributed by atoms with Gasteiger partial charge in [0.1, 0.15) is 11.1 Å². The maximum atomic E-state index is 12.4. The van der Waals surface area contributed by atoms with Crippen LogP contribution in [0.1, 0.15) is 39.6 Å². The normalized spacial score (nSPS) is 16.7. The van der Waals surface area contributed by atoms with Crippen LogP contribution in [0.15, 0.2) is 44.6 Å². The molecule has 0 saturated carbocycles. The van der Waals surface area contributed by atoms with Crippen molar-refractivity contribution in [1.29, 1.82) is 5.26 Å². The number of fused-ring (bicyclic) bond motifs is 1. The Hall–Kier alpha value is -3.18. The van der Waals surface area contributed by atoms with Gasteiger partial charge in [0, 0.05) is 4.88 Å². The number of nitrogens with one attached hydrogen (secondary N) is 1. The first-order valence-electron chi connectivity index (χ1n) is 8.51. The molecular weight excluding hydrogens is 364 g/mol. The van der Waals surface area contributed by atoms with Crippen molar-refractivity contribution in [3.8, 4) is 6.07 Å². The van der Waals surface area contributed by atoms with Gasteiger partial charge in [-0.25, -0.2) is 9.79 Å². The number of hydrogen-bond donors (Lipinski definition) is 1. The second-order valence-corrected chi connectivity index (χ2v) is 7.54. The molecular formula is C19H16N4O3S. The fourth-order valence-corrected chi connectivity index (χ4v) is 4.74. The van der Waals surface area contributed by atoms with Gasteiger partial charge in [-0.3, -0.25) is 4.52 Å². The highest BCUT2D eigenvalue weighted by Crippen LogP contribution is 2.43. The summed E-state index contributed by atoms with van der Waals surface area (Å²) in [4.78, 5) is 16.8. The van der Waals surface area contributed by atoms with Crippen molar-refractivity contribution >= 4 is 22.2 Å². The molecule has 0 spiro atoms. The largest absolute Gasteiger partial charge is 0.854 e. The van der Waals surface area contributed by atoms with Crippen LogP contribution in [0.2, 0.25) is 0 Å². The third kappa shape index (κ3) is 3.06. The summed E-state index contributed by atoms with van der Waals surface area (Å²) in [6.07, 6.45) is 2.55. The zero-order valence-corrected chi connectivity index (χ0v) is 15.4. The van der Waals surface area contributed by atoms with E-state index in [0.717, 1.165) is 29.7 Å². The highest BCUT2D eigenvalue weighted by atomic mass is 32.1. The van der Waals surface area contributed by atoms with Crippen molar-refractivity contribution in [3.63, 3.8) is 0 Å². The van der Waals surface area contributed by atoms with Gasteiger partial charge in [-0.2, -0.15) is 5.26 Å². The molecule has 1 aliphatic rings. The maximum Gasteiger partial charge on any atom is 0.435 e. The predicted octanol–water partition coefficient (Wildman–Crippen LogP) is 1.44. The summed E-state index contributed by atoms with van der Waals surface area (Å²) in [7, 11) is 1.49. The number of aryl methyl sites for hydroxylation is 1. The molecule has 2 heterocycles. The number of aromatic nitrogens is 2. The molecule has 0 saturated heterocycles. The molecule has 0 bridgehead atoms. The highest BCUT2D eigenvalue weighted by molar-refractivity contribution is 7.16. The van der Waals surface area contributed by atoms with E-state index in [4.69, 9.17) is 0 Å². The molecule has 8 heteroatoms. The molecule has 0 radical (unpaired) electrons. The smallest absolute Gasteiger partial charge is 0.435 e. The Morgan fingerprint density at radius 2 is 2.22 bits per heavy atom. The molecule has 27 heavy (non-hydrogen) atoms. The molecule has 0 aliphatic heterocycles. The van der Waals surface area contributed by atoms with Crippen molar-refractivity contribution in [2.45, 2.75) is 25.2 Å². The molecule has 3 aromatic rings. The molecule has 0 fully saturated rings. The lowest BCUT2D eigenvalue weighted by molar-refractivity contribution is -0.742. The first-order valence-corrected chi connectivity index (χ1v) is 9.33. The summed E-state index contributed by atoms with van der Waals surface area (Å²) in [5.74, 6) is -0.329. The van der Waals surface area contributed by atoms with Gasteiger partial charge in [0.25, 0.3) is 0 Å². The fraction of sp³-hybridized carbons (Fsp3) is 0.263. The number of thiophene rings is 1. The number of nitriles is 1. The molecule has 1 atom stereocenters. The van der Waals surface area contributed by atoms with E-state index < -0.39 is 11.5 Å². The molecule has 1 unspecified atom stereocenters. The Kier molecular flexibility index (Phi) is 4.38. The second kappa shape index (κ2) is 6.85. The molecule has 2 aromatic heterocycles. The lowest BCUT2D eigenvalue weighted by Gasteiger charge is -2.22. The minimum atomic E-state index is -0.782. The van der Waals surface area contributed by atoms with Crippen molar-refractivity contribution in [3.05, 3.63) is 68.0 Å². The van der Waals surface area contributed by atoms with Crippen LogP contribution in [-0.2, 0) is 19.9 Å². The first kappa shape index (κ1) is 17.2. The summed E-state index contributed by atoms with van der Waals surface area (Å²) in [5, 5.41) is 24.7. The Bertz CT molecular complexity index is 1120. The van der Waals surface area contributed by atoms with Crippen molar-refractivity contribution < 1.29 is 14.3 Å². The summed E-state index contributed by atoms with van der Waals surface area (Å²) >= 11 is 1.36. The van der Waals surface area contributed by atoms with Gasteiger partial charge >= 0.3 is 11.3 Å². The molecule has 1 aromatic carbocycles. The van der Waals surface area contributed by atoms with Gasteiger partial charge in [-0.15, -0.1) is 11.3 Å². The van der Waals surface area contributed by atoms with Crippen LogP contribution in [0.5, 0.6) is 0 Å². The molecule has 4 rings (SSSR count). The average Bonchev–Trinajstić information content (AvgIpc) is 3.20. The number of H-pyrrole nitrogens is 1. The predicted molar refractivity (Wildman–Crippen MR) is 96.9 cm³/mol. The van der Waals surface area contributed by atoms with Crippen molar-refractivity contribution in [2.75, 3.05) is 0 Å². The fourth-order valence-electron chi connectivity index (χ4n) is 3.49. The third-order valence-electron chi connectivity index (χ3n) is 4.84. The minimum Gasteiger partial charge on any atom is -0.854 e. The Labute approximate surface area is 158 Å². The zero-order valence-electron chi connectivity index (χ0n) is 14.6. The van der Waals surface area contributed by atoms with Gasteiger partial charge in [-0.05, 0) is 41.6 Å². The maximum absolute atomic E-state index is 12.4. The van der Waals surface area contributed by atoms with E-state index in [0.29, 0.717) is 16.5 Å². The van der Waals surface area contributed by atoms with E-state index in [-0.39, 0.29) is 5.69 Å². The molecule has 1 aliphatic carbocycles. The van der Waals surface area contributed by atoms with Crippen LogP contribution >= 0.6 is 11.3 Å². The van der Waals surface area contributed by atoms with Crippen LogP contribution in [0, 0.1) is 11.3 Å². The van der Waals surface area contributed by atoms with Gasteiger partial charge in [-0.1, -0.05) is 35.0 Å². The summed E-state index contributed by atoms with van der Waals surface area (Å²) in [6.45, 7) is 0. The van der Waals surface area contributed by atoms with Crippen molar-refractivity contribution in [2.24, 2.45) is 12.0 Å². The highest BCUT2D eigenvalue weighted by Gasteiger charge is 2.27. The minimum absolute atomic E-state index is 0.201. The SMILES string of the molecule is C[n+]1[nH]oc(=O)c1/C([O-])=N/c1sc2c(c1C#N)CCC(c1ccccc1)C2. The average molecular weight is 380 g/mol. The third-order valence-corrected chi connectivity index (χ3v) is 5.99. The Morgan fingerprint density at radius 1 is 1.44 bits per heavy atom. The van der Waals surface area contributed by atoms with E-state index >= 15 is 0 Å². The number of benzene rings is 1. The topological polar surface area (TPSA) is 109 Å². The number of hydrogen-bond acceptors (Lipinski definition) is 6.